The summed E-state index contributed by atoms with van der Waals surface area (Å²) < 4.78 is 1.00. The van der Waals surface area contributed by atoms with Crippen LogP contribution in [0.25, 0.3) is 0 Å². The Labute approximate surface area is 127 Å². The van der Waals surface area contributed by atoms with Crippen LogP contribution in [0.3, 0.4) is 0 Å². The Balaban J connectivity index is 2.53. The molecule has 0 aliphatic heterocycles. The van der Waals surface area contributed by atoms with Gasteiger partial charge in [0.1, 0.15) is 0 Å². The molecule has 18 heavy (non-hydrogen) atoms. The molecule has 0 bridgehead atoms. The number of hydrogen-bond acceptors (Lipinski definition) is 2. The minimum Gasteiger partial charge on any atom is -0.375 e. The zero-order valence-electron chi connectivity index (χ0n) is 10.8. The highest BCUT2D eigenvalue weighted by Crippen LogP contribution is 2.22. The van der Waals surface area contributed by atoms with Crippen molar-refractivity contribution in [3.8, 4) is 0 Å². The number of anilines is 1. The van der Waals surface area contributed by atoms with Crippen molar-refractivity contribution in [1.82, 2.24) is 5.32 Å². The number of nitrogens with one attached hydrogen (secondary N) is 2. The van der Waals surface area contributed by atoms with E-state index < -0.39 is 0 Å². The van der Waals surface area contributed by atoms with E-state index in [-0.39, 0.29) is 18.0 Å². The SMILES string of the molecule is CCC(C)(C)NC(=O)CNc1ccc(Cl)cc1I. The molecule has 3 nitrogen and oxygen atoms in total. The summed E-state index contributed by atoms with van der Waals surface area (Å²) in [6, 6.07) is 5.54. The smallest absolute Gasteiger partial charge is 0.239 e. The maximum Gasteiger partial charge on any atom is 0.239 e. The molecule has 0 aliphatic carbocycles. The molecule has 0 aromatic heterocycles. The second kappa shape index (κ2) is 6.61. The van der Waals surface area contributed by atoms with Gasteiger partial charge in [0, 0.05) is 19.8 Å². The van der Waals surface area contributed by atoms with Crippen LogP contribution >= 0.6 is 34.2 Å². The van der Waals surface area contributed by atoms with Crippen molar-refractivity contribution >= 4 is 45.8 Å². The first-order valence-corrected chi connectivity index (χ1v) is 7.29. The van der Waals surface area contributed by atoms with Gasteiger partial charge in [0.25, 0.3) is 0 Å². The summed E-state index contributed by atoms with van der Waals surface area (Å²) >= 11 is 8.06. The van der Waals surface area contributed by atoms with Crippen molar-refractivity contribution in [1.29, 1.82) is 0 Å². The van der Waals surface area contributed by atoms with Gasteiger partial charge in [0.15, 0.2) is 0 Å². The lowest BCUT2D eigenvalue weighted by Crippen LogP contribution is -2.45. The fourth-order valence-corrected chi connectivity index (χ4v) is 2.38. The third kappa shape index (κ3) is 5.02. The summed E-state index contributed by atoms with van der Waals surface area (Å²) in [7, 11) is 0. The van der Waals surface area contributed by atoms with Gasteiger partial charge in [-0.15, -0.1) is 0 Å². The van der Waals surface area contributed by atoms with Crippen molar-refractivity contribution in [2.75, 3.05) is 11.9 Å². The van der Waals surface area contributed by atoms with Crippen molar-refractivity contribution in [2.24, 2.45) is 0 Å². The number of carbonyl (C=O) groups excluding carboxylic acids is 1. The third-order valence-corrected chi connectivity index (χ3v) is 3.86. The highest BCUT2D eigenvalue weighted by atomic mass is 127. The van der Waals surface area contributed by atoms with E-state index in [0.717, 1.165) is 15.7 Å². The lowest BCUT2D eigenvalue weighted by atomic mass is 10.0. The van der Waals surface area contributed by atoms with E-state index in [0.29, 0.717) is 5.02 Å². The second-order valence-corrected chi connectivity index (χ2v) is 6.36. The molecule has 1 aromatic carbocycles. The van der Waals surface area contributed by atoms with Gasteiger partial charge in [-0.25, -0.2) is 0 Å². The van der Waals surface area contributed by atoms with Crippen LogP contribution in [0.1, 0.15) is 27.2 Å². The zero-order chi connectivity index (χ0) is 13.8. The molecule has 0 aliphatic rings. The normalized spacial score (nSPS) is 11.2. The van der Waals surface area contributed by atoms with Crippen LogP contribution in [0, 0.1) is 3.57 Å². The highest BCUT2D eigenvalue weighted by Gasteiger charge is 2.17. The predicted molar refractivity (Wildman–Crippen MR) is 85.2 cm³/mol. The topological polar surface area (TPSA) is 41.1 Å². The van der Waals surface area contributed by atoms with E-state index in [1.807, 2.05) is 26.0 Å². The van der Waals surface area contributed by atoms with Crippen LogP contribution < -0.4 is 10.6 Å². The standard InChI is InChI=1S/C13H18ClIN2O/c1-4-13(2,3)17-12(18)8-16-11-6-5-9(14)7-10(11)15/h5-7,16H,4,8H2,1-3H3,(H,17,18). The van der Waals surface area contributed by atoms with E-state index in [1.165, 1.54) is 0 Å². The lowest BCUT2D eigenvalue weighted by Gasteiger charge is -2.24. The van der Waals surface area contributed by atoms with Gasteiger partial charge in [-0.1, -0.05) is 18.5 Å². The minimum atomic E-state index is -0.161. The van der Waals surface area contributed by atoms with Crippen LogP contribution in [0.2, 0.25) is 5.02 Å². The van der Waals surface area contributed by atoms with E-state index >= 15 is 0 Å². The molecule has 2 N–H and O–H groups in total. The fraction of sp³-hybridized carbons (Fsp3) is 0.462. The molecule has 0 saturated heterocycles. The van der Waals surface area contributed by atoms with Gasteiger partial charge in [0.05, 0.1) is 6.54 Å². The number of rotatable bonds is 5. The average molecular weight is 381 g/mol. The Hall–Kier alpha value is -0.490. The summed E-state index contributed by atoms with van der Waals surface area (Å²) in [4.78, 5) is 11.8. The molecule has 1 aromatic rings. The Kier molecular flexibility index (Phi) is 5.72. The molecule has 5 heteroatoms. The lowest BCUT2D eigenvalue weighted by molar-refractivity contribution is -0.121. The van der Waals surface area contributed by atoms with Crippen molar-refractivity contribution < 1.29 is 4.79 Å². The molecule has 0 heterocycles. The third-order valence-electron chi connectivity index (χ3n) is 2.73. The average Bonchev–Trinajstić information content (AvgIpc) is 2.27. The second-order valence-electron chi connectivity index (χ2n) is 4.76. The molecule has 0 saturated carbocycles. The Morgan fingerprint density at radius 3 is 2.67 bits per heavy atom. The van der Waals surface area contributed by atoms with Gasteiger partial charge < -0.3 is 10.6 Å². The molecular formula is C13H18ClIN2O. The Morgan fingerprint density at radius 2 is 2.11 bits per heavy atom. The Morgan fingerprint density at radius 1 is 1.44 bits per heavy atom. The van der Waals surface area contributed by atoms with E-state index in [4.69, 9.17) is 11.6 Å². The summed E-state index contributed by atoms with van der Waals surface area (Å²) in [6.45, 7) is 6.34. The van der Waals surface area contributed by atoms with E-state index in [2.05, 4.69) is 40.1 Å². The molecular weight excluding hydrogens is 363 g/mol. The quantitative estimate of drug-likeness (QED) is 0.766. The maximum atomic E-state index is 11.8. The number of amides is 1. The van der Waals surface area contributed by atoms with Crippen LogP contribution in [-0.2, 0) is 4.79 Å². The largest absolute Gasteiger partial charge is 0.375 e. The summed E-state index contributed by atoms with van der Waals surface area (Å²) in [6.07, 6.45) is 0.900. The number of halogens is 2. The predicted octanol–water partition coefficient (Wildman–Crippen LogP) is 3.66. The first-order valence-electron chi connectivity index (χ1n) is 5.84. The van der Waals surface area contributed by atoms with Gasteiger partial charge in [0.2, 0.25) is 5.91 Å². The summed E-state index contributed by atoms with van der Waals surface area (Å²) in [5, 5.41) is 6.78. The molecule has 0 spiro atoms. The Bertz CT molecular complexity index is 435. The first kappa shape index (κ1) is 15.6. The number of benzene rings is 1. The van der Waals surface area contributed by atoms with Gasteiger partial charge in [-0.3, -0.25) is 4.79 Å². The monoisotopic (exact) mass is 380 g/mol. The van der Waals surface area contributed by atoms with Crippen molar-refractivity contribution in [3.63, 3.8) is 0 Å². The molecule has 1 amide bonds. The van der Waals surface area contributed by atoms with Crippen molar-refractivity contribution in [2.45, 2.75) is 32.7 Å². The van der Waals surface area contributed by atoms with Gasteiger partial charge in [-0.2, -0.15) is 0 Å². The first-order chi connectivity index (χ1) is 8.34. The molecule has 1 rings (SSSR count). The molecule has 0 radical (unpaired) electrons. The van der Waals surface area contributed by atoms with Crippen LogP contribution in [0.5, 0.6) is 0 Å². The van der Waals surface area contributed by atoms with Crippen LogP contribution in [0.4, 0.5) is 5.69 Å². The number of carbonyl (C=O) groups is 1. The fourth-order valence-electron chi connectivity index (χ4n) is 1.32. The van der Waals surface area contributed by atoms with Crippen molar-refractivity contribution in [3.05, 3.63) is 26.8 Å². The zero-order valence-corrected chi connectivity index (χ0v) is 13.7. The molecule has 0 atom stereocenters. The maximum absolute atomic E-state index is 11.8. The van der Waals surface area contributed by atoms with E-state index in [9.17, 15) is 4.79 Å². The van der Waals surface area contributed by atoms with Crippen LogP contribution in [-0.4, -0.2) is 18.0 Å². The summed E-state index contributed by atoms with van der Waals surface area (Å²) in [5.41, 5.74) is 0.760. The minimum absolute atomic E-state index is 0.00685. The molecule has 0 fully saturated rings. The molecule has 100 valence electrons. The summed E-state index contributed by atoms with van der Waals surface area (Å²) in [5.74, 6) is -0.00685. The number of hydrogen-bond donors (Lipinski definition) is 2. The van der Waals surface area contributed by atoms with E-state index in [1.54, 1.807) is 6.07 Å². The van der Waals surface area contributed by atoms with Crippen LogP contribution in [0.15, 0.2) is 18.2 Å². The molecule has 0 unspecified atom stereocenters. The van der Waals surface area contributed by atoms with Gasteiger partial charge in [-0.05, 0) is 61.1 Å². The van der Waals surface area contributed by atoms with Gasteiger partial charge >= 0.3 is 0 Å². The highest BCUT2D eigenvalue weighted by molar-refractivity contribution is 14.1.